The van der Waals surface area contributed by atoms with E-state index in [2.05, 4.69) is 55.2 Å². The van der Waals surface area contributed by atoms with Crippen molar-refractivity contribution in [3.8, 4) is 5.75 Å². The summed E-state index contributed by atoms with van der Waals surface area (Å²) in [6, 6.07) is 8.15. The Labute approximate surface area is 177 Å². The zero-order valence-corrected chi connectivity index (χ0v) is 19.4. The van der Waals surface area contributed by atoms with Gasteiger partial charge in [-0.25, -0.2) is 4.98 Å². The molecule has 0 bridgehead atoms. The molecule has 1 aromatic carbocycles. The molecule has 0 saturated carbocycles. The second-order valence-electron chi connectivity index (χ2n) is 5.93. The fourth-order valence-corrected chi connectivity index (χ4v) is 3.54. The summed E-state index contributed by atoms with van der Waals surface area (Å²) in [4.78, 5) is 12.7. The predicted molar refractivity (Wildman–Crippen MR) is 121 cm³/mol. The van der Waals surface area contributed by atoms with Crippen LogP contribution in [0, 0.1) is 13.8 Å². The number of aliphatic imine (C=N–C) groups is 1. The SMILES string of the molecule is CCNC(=NCCc1sc(C)nc1C)N(C)Cc1ccc(OC)cc1.I. The number of thiazole rings is 1. The second-order valence-corrected chi connectivity index (χ2v) is 7.22. The largest absolute Gasteiger partial charge is 0.497 e. The van der Waals surface area contributed by atoms with Gasteiger partial charge in [0.05, 0.1) is 17.8 Å². The average Bonchev–Trinajstić information content (AvgIpc) is 2.92. The van der Waals surface area contributed by atoms with Crippen molar-refractivity contribution in [1.82, 2.24) is 15.2 Å². The molecule has 0 amide bonds. The quantitative estimate of drug-likeness (QED) is 0.364. The third-order valence-corrected chi connectivity index (χ3v) is 5.01. The first-order valence-electron chi connectivity index (χ1n) is 8.58. The van der Waals surface area contributed by atoms with E-state index in [1.807, 2.05) is 12.1 Å². The lowest BCUT2D eigenvalue weighted by molar-refractivity contribution is 0.414. The van der Waals surface area contributed by atoms with Crippen LogP contribution in [0.1, 0.15) is 28.1 Å². The van der Waals surface area contributed by atoms with Gasteiger partial charge in [0, 0.05) is 38.0 Å². The van der Waals surface area contributed by atoms with Gasteiger partial charge in [-0.2, -0.15) is 0 Å². The molecule has 1 aromatic heterocycles. The molecule has 0 spiro atoms. The molecule has 7 heteroatoms. The number of nitrogens with one attached hydrogen (secondary N) is 1. The van der Waals surface area contributed by atoms with E-state index < -0.39 is 0 Å². The molecular weight excluding hydrogens is 459 g/mol. The van der Waals surface area contributed by atoms with Crippen LogP contribution < -0.4 is 10.1 Å². The summed E-state index contributed by atoms with van der Waals surface area (Å²) in [5.74, 6) is 1.81. The lowest BCUT2D eigenvalue weighted by Crippen LogP contribution is -2.38. The number of benzene rings is 1. The molecule has 144 valence electrons. The molecule has 26 heavy (non-hydrogen) atoms. The van der Waals surface area contributed by atoms with Crippen molar-refractivity contribution in [2.24, 2.45) is 4.99 Å². The van der Waals surface area contributed by atoms with E-state index in [-0.39, 0.29) is 24.0 Å². The van der Waals surface area contributed by atoms with Crippen LogP contribution in [0.2, 0.25) is 0 Å². The summed E-state index contributed by atoms with van der Waals surface area (Å²) in [7, 11) is 3.75. The lowest BCUT2D eigenvalue weighted by atomic mass is 10.2. The third-order valence-electron chi connectivity index (χ3n) is 3.88. The van der Waals surface area contributed by atoms with Crippen molar-refractivity contribution in [1.29, 1.82) is 0 Å². The Morgan fingerprint density at radius 1 is 1.27 bits per heavy atom. The molecule has 2 aromatic rings. The fraction of sp³-hybridized carbons (Fsp3) is 0.474. The van der Waals surface area contributed by atoms with Crippen LogP contribution in [0.5, 0.6) is 5.75 Å². The smallest absolute Gasteiger partial charge is 0.193 e. The molecule has 2 rings (SSSR count). The van der Waals surface area contributed by atoms with Crippen LogP contribution >= 0.6 is 35.3 Å². The average molecular weight is 488 g/mol. The van der Waals surface area contributed by atoms with E-state index in [9.17, 15) is 0 Å². The summed E-state index contributed by atoms with van der Waals surface area (Å²) in [5.41, 5.74) is 2.36. The number of methoxy groups -OCH3 is 1. The zero-order valence-electron chi connectivity index (χ0n) is 16.2. The Morgan fingerprint density at radius 3 is 2.50 bits per heavy atom. The molecular formula is C19H29IN4OS. The van der Waals surface area contributed by atoms with E-state index in [1.54, 1.807) is 18.4 Å². The van der Waals surface area contributed by atoms with Crippen LogP contribution in [0.25, 0.3) is 0 Å². The van der Waals surface area contributed by atoms with Gasteiger partial charge in [-0.3, -0.25) is 4.99 Å². The minimum Gasteiger partial charge on any atom is -0.497 e. The maximum Gasteiger partial charge on any atom is 0.193 e. The highest BCUT2D eigenvalue weighted by Crippen LogP contribution is 2.17. The Kier molecular flexibility index (Phi) is 9.93. The number of hydrogen-bond donors (Lipinski definition) is 1. The molecule has 0 saturated heterocycles. The summed E-state index contributed by atoms with van der Waals surface area (Å²) in [6.45, 7) is 8.63. The molecule has 0 unspecified atom stereocenters. The van der Waals surface area contributed by atoms with Crippen molar-refractivity contribution < 1.29 is 4.74 Å². The fourth-order valence-electron chi connectivity index (χ4n) is 2.62. The number of halogens is 1. The van der Waals surface area contributed by atoms with Crippen LogP contribution in [0.15, 0.2) is 29.3 Å². The van der Waals surface area contributed by atoms with Crippen molar-refractivity contribution in [3.05, 3.63) is 45.4 Å². The number of nitrogens with zero attached hydrogens (tertiary/aromatic N) is 3. The van der Waals surface area contributed by atoms with Crippen molar-refractivity contribution >= 4 is 41.3 Å². The van der Waals surface area contributed by atoms with Crippen LogP contribution in [-0.4, -0.2) is 43.1 Å². The number of aryl methyl sites for hydroxylation is 2. The topological polar surface area (TPSA) is 49.8 Å². The van der Waals surface area contributed by atoms with Crippen LogP contribution in [-0.2, 0) is 13.0 Å². The first-order chi connectivity index (χ1) is 12.0. The van der Waals surface area contributed by atoms with Gasteiger partial charge in [-0.15, -0.1) is 35.3 Å². The Hall–Kier alpha value is -1.35. The van der Waals surface area contributed by atoms with Gasteiger partial charge >= 0.3 is 0 Å². The molecule has 5 nitrogen and oxygen atoms in total. The summed E-state index contributed by atoms with van der Waals surface area (Å²) < 4.78 is 5.21. The first kappa shape index (κ1) is 22.7. The number of guanidine groups is 1. The maximum atomic E-state index is 5.21. The van der Waals surface area contributed by atoms with E-state index in [1.165, 1.54) is 10.4 Å². The van der Waals surface area contributed by atoms with Gasteiger partial charge in [0.1, 0.15) is 5.75 Å². The van der Waals surface area contributed by atoms with E-state index >= 15 is 0 Å². The number of aromatic nitrogens is 1. The molecule has 1 N–H and O–H groups in total. The predicted octanol–water partition coefficient (Wildman–Crippen LogP) is 4.03. The van der Waals surface area contributed by atoms with Gasteiger partial charge in [0.25, 0.3) is 0 Å². The highest BCUT2D eigenvalue weighted by atomic mass is 127. The summed E-state index contributed by atoms with van der Waals surface area (Å²) in [5, 5.41) is 4.50. The lowest BCUT2D eigenvalue weighted by Gasteiger charge is -2.22. The van der Waals surface area contributed by atoms with Gasteiger partial charge in [-0.1, -0.05) is 12.1 Å². The second kappa shape index (κ2) is 11.4. The van der Waals surface area contributed by atoms with E-state index in [0.717, 1.165) is 48.5 Å². The highest BCUT2D eigenvalue weighted by Gasteiger charge is 2.08. The van der Waals surface area contributed by atoms with Crippen molar-refractivity contribution in [2.75, 3.05) is 27.2 Å². The number of ether oxygens (including phenoxy) is 1. The van der Waals surface area contributed by atoms with Gasteiger partial charge in [0.15, 0.2) is 5.96 Å². The minimum atomic E-state index is 0. The molecule has 1 heterocycles. The summed E-state index contributed by atoms with van der Waals surface area (Å²) in [6.07, 6.45) is 0.933. The van der Waals surface area contributed by atoms with Crippen molar-refractivity contribution in [3.63, 3.8) is 0 Å². The number of rotatable bonds is 7. The Morgan fingerprint density at radius 2 is 1.96 bits per heavy atom. The van der Waals surface area contributed by atoms with Crippen LogP contribution in [0.4, 0.5) is 0 Å². The van der Waals surface area contributed by atoms with Crippen LogP contribution in [0.3, 0.4) is 0 Å². The number of hydrogen-bond acceptors (Lipinski definition) is 4. The van der Waals surface area contributed by atoms with E-state index in [4.69, 9.17) is 9.73 Å². The first-order valence-corrected chi connectivity index (χ1v) is 9.40. The van der Waals surface area contributed by atoms with Gasteiger partial charge in [-0.05, 0) is 38.5 Å². The third kappa shape index (κ3) is 6.75. The van der Waals surface area contributed by atoms with Gasteiger partial charge < -0.3 is 15.0 Å². The standard InChI is InChI=1S/C19H28N4OS.HI/c1-6-20-19(21-12-11-18-14(2)22-15(3)25-18)23(4)13-16-7-9-17(24-5)10-8-16;/h7-10H,6,11-13H2,1-5H3,(H,20,21);1H. The van der Waals surface area contributed by atoms with E-state index in [0.29, 0.717) is 0 Å². The zero-order chi connectivity index (χ0) is 18.2. The molecule has 0 atom stereocenters. The minimum absolute atomic E-state index is 0. The Balaban J connectivity index is 0.00000338. The monoisotopic (exact) mass is 488 g/mol. The molecule has 0 aliphatic carbocycles. The summed E-state index contributed by atoms with van der Waals surface area (Å²) >= 11 is 1.77. The maximum absolute atomic E-state index is 5.21. The molecule has 0 aliphatic rings. The molecule has 0 fully saturated rings. The molecule has 0 aliphatic heterocycles. The highest BCUT2D eigenvalue weighted by molar-refractivity contribution is 14.0. The Bertz CT molecular complexity index is 700. The normalized spacial score (nSPS) is 11.0. The van der Waals surface area contributed by atoms with Gasteiger partial charge in [0.2, 0.25) is 0 Å². The van der Waals surface area contributed by atoms with Crippen molar-refractivity contribution in [2.45, 2.75) is 33.7 Å². The molecule has 0 radical (unpaired) electrons.